The molecule has 1 aromatic heterocycles. The number of aromatic nitrogens is 2. The smallest absolute Gasteiger partial charge is 0.232 e. The molecule has 1 N–H and O–H groups in total. The number of amides is 1. The topological polar surface area (TPSA) is 69.3 Å². The number of imidazole rings is 1. The maximum atomic E-state index is 12.7. The van der Waals surface area contributed by atoms with Gasteiger partial charge in [0.25, 0.3) is 0 Å². The molecule has 4 rings (SSSR count). The molecule has 1 fully saturated rings. The number of fused-ring (bicyclic) bond motifs is 1. The van der Waals surface area contributed by atoms with E-state index in [4.69, 9.17) is 0 Å². The Morgan fingerprint density at radius 2 is 1.77 bits per heavy atom. The summed E-state index contributed by atoms with van der Waals surface area (Å²) in [6.07, 6.45) is 0. The van der Waals surface area contributed by atoms with E-state index in [0.29, 0.717) is 18.8 Å². The highest BCUT2D eigenvalue weighted by Crippen LogP contribution is 2.28. The molecule has 6 nitrogen and oxygen atoms in total. The van der Waals surface area contributed by atoms with Gasteiger partial charge in [-0.15, -0.1) is 11.8 Å². The van der Waals surface area contributed by atoms with Crippen LogP contribution >= 0.6 is 11.8 Å². The molecule has 0 bridgehead atoms. The molecule has 1 saturated heterocycles. The van der Waals surface area contributed by atoms with E-state index < -0.39 is 0 Å². The molecule has 1 aliphatic heterocycles. The van der Waals surface area contributed by atoms with Crippen LogP contribution in [0.25, 0.3) is 11.0 Å². The number of hydrogen-bond acceptors (Lipinski definition) is 5. The number of benzene rings is 2. The molecule has 0 spiro atoms. The molecule has 1 atom stereocenters. The highest BCUT2D eigenvalue weighted by Gasteiger charge is 2.22. The largest absolute Gasteiger partial charge is 0.368 e. The Labute approximate surface area is 180 Å². The second kappa shape index (κ2) is 8.92. The van der Waals surface area contributed by atoms with Crippen LogP contribution in [0.5, 0.6) is 0 Å². The summed E-state index contributed by atoms with van der Waals surface area (Å²) in [5.41, 5.74) is 3.81. The number of Topliss-reactive ketones (excluding diaryl/α,β-unsaturated/α-hetero) is 1. The first-order valence-electron chi connectivity index (χ1n) is 10.2. The van der Waals surface area contributed by atoms with Gasteiger partial charge in [0.15, 0.2) is 5.78 Å². The van der Waals surface area contributed by atoms with Crippen LogP contribution in [0.3, 0.4) is 0 Å². The summed E-state index contributed by atoms with van der Waals surface area (Å²) in [6.45, 7) is 6.69. The minimum Gasteiger partial charge on any atom is -0.368 e. The van der Waals surface area contributed by atoms with Gasteiger partial charge in [-0.25, -0.2) is 4.98 Å². The van der Waals surface area contributed by atoms with Crippen molar-refractivity contribution in [3.8, 4) is 0 Å². The van der Waals surface area contributed by atoms with Gasteiger partial charge in [0, 0.05) is 37.4 Å². The molecular formula is C23H26N4O2S. The third-order valence-electron chi connectivity index (χ3n) is 5.52. The van der Waals surface area contributed by atoms with Crippen LogP contribution in [0.2, 0.25) is 0 Å². The number of ketones is 1. The summed E-state index contributed by atoms with van der Waals surface area (Å²) in [5.74, 6) is 1.61. The SMILES string of the molecule is CC(=O)c1ccc(N2CCN(C(=O)CS[C@@H](C)c3nc4ccccc4[nH]3)CC2)cc1. The summed E-state index contributed by atoms with van der Waals surface area (Å²) in [4.78, 5) is 36.3. The lowest BCUT2D eigenvalue weighted by Gasteiger charge is -2.36. The van der Waals surface area contributed by atoms with Gasteiger partial charge in [0.1, 0.15) is 5.82 Å². The zero-order valence-electron chi connectivity index (χ0n) is 17.3. The van der Waals surface area contributed by atoms with Crippen LogP contribution < -0.4 is 4.90 Å². The van der Waals surface area contributed by atoms with Crippen molar-refractivity contribution in [3.63, 3.8) is 0 Å². The Kier molecular flexibility index (Phi) is 6.08. The number of nitrogens with one attached hydrogen (secondary N) is 1. The summed E-state index contributed by atoms with van der Waals surface area (Å²) in [7, 11) is 0. The average molecular weight is 423 g/mol. The fraction of sp³-hybridized carbons (Fsp3) is 0.348. The fourth-order valence-electron chi connectivity index (χ4n) is 3.65. The Morgan fingerprint density at radius 1 is 1.07 bits per heavy atom. The van der Waals surface area contributed by atoms with Crippen molar-refractivity contribution < 1.29 is 9.59 Å². The molecule has 1 amide bonds. The fourth-order valence-corrected chi connectivity index (χ4v) is 4.50. The lowest BCUT2D eigenvalue weighted by molar-refractivity contribution is -0.128. The Bertz CT molecular complexity index is 1010. The van der Waals surface area contributed by atoms with Crippen molar-refractivity contribution in [3.05, 3.63) is 59.9 Å². The quantitative estimate of drug-likeness (QED) is 0.610. The molecule has 1 aliphatic rings. The van der Waals surface area contributed by atoms with E-state index in [9.17, 15) is 9.59 Å². The first-order chi connectivity index (χ1) is 14.5. The van der Waals surface area contributed by atoms with E-state index in [-0.39, 0.29) is 16.9 Å². The Hall–Kier alpha value is -2.80. The van der Waals surface area contributed by atoms with E-state index in [1.807, 2.05) is 53.4 Å². The predicted octanol–water partition coefficient (Wildman–Crippen LogP) is 3.91. The molecule has 0 radical (unpaired) electrons. The van der Waals surface area contributed by atoms with Crippen LogP contribution in [0.4, 0.5) is 5.69 Å². The second-order valence-corrected chi connectivity index (χ2v) is 8.89. The first kappa shape index (κ1) is 20.5. The number of nitrogens with zero attached hydrogens (tertiary/aromatic N) is 3. The molecule has 7 heteroatoms. The number of rotatable bonds is 6. The highest BCUT2D eigenvalue weighted by molar-refractivity contribution is 8.00. The van der Waals surface area contributed by atoms with Crippen LogP contribution in [-0.4, -0.2) is 58.5 Å². The number of hydrogen-bond donors (Lipinski definition) is 1. The molecule has 0 saturated carbocycles. The number of carbonyl (C=O) groups excluding carboxylic acids is 2. The molecule has 3 aromatic rings. The van der Waals surface area contributed by atoms with Gasteiger partial charge >= 0.3 is 0 Å². The van der Waals surface area contributed by atoms with Crippen LogP contribution in [0, 0.1) is 0 Å². The lowest BCUT2D eigenvalue weighted by Crippen LogP contribution is -2.49. The summed E-state index contributed by atoms with van der Waals surface area (Å²) < 4.78 is 0. The minimum absolute atomic E-state index is 0.0753. The second-order valence-electron chi connectivity index (χ2n) is 7.56. The van der Waals surface area contributed by atoms with E-state index in [2.05, 4.69) is 21.8 Å². The molecular weight excluding hydrogens is 396 g/mol. The van der Waals surface area contributed by atoms with E-state index in [1.54, 1.807) is 18.7 Å². The van der Waals surface area contributed by atoms with E-state index in [1.165, 1.54) is 0 Å². The number of thioether (sulfide) groups is 1. The summed E-state index contributed by atoms with van der Waals surface area (Å²) in [6, 6.07) is 15.7. The number of para-hydroxylation sites is 2. The van der Waals surface area contributed by atoms with Crippen molar-refractivity contribution in [2.45, 2.75) is 19.1 Å². The maximum Gasteiger partial charge on any atom is 0.232 e. The average Bonchev–Trinajstić information content (AvgIpc) is 3.22. The van der Waals surface area contributed by atoms with Crippen molar-refractivity contribution >= 4 is 40.2 Å². The number of H-pyrrole nitrogens is 1. The first-order valence-corrected chi connectivity index (χ1v) is 11.3. The number of piperazine rings is 1. The Balaban J connectivity index is 1.27. The maximum absolute atomic E-state index is 12.7. The number of anilines is 1. The highest BCUT2D eigenvalue weighted by atomic mass is 32.2. The number of carbonyl (C=O) groups is 2. The third kappa shape index (κ3) is 4.51. The standard InChI is InChI=1S/C23H26N4O2S/c1-16(28)18-7-9-19(10-8-18)26-11-13-27(14-12-26)22(29)15-30-17(2)23-24-20-5-3-4-6-21(20)25-23/h3-10,17H,11-15H2,1-2H3,(H,24,25)/t17-/m0/s1. The van der Waals surface area contributed by atoms with E-state index >= 15 is 0 Å². The lowest BCUT2D eigenvalue weighted by atomic mass is 10.1. The summed E-state index contributed by atoms with van der Waals surface area (Å²) in [5, 5.41) is 0.127. The van der Waals surface area contributed by atoms with Gasteiger partial charge in [0.05, 0.1) is 22.0 Å². The van der Waals surface area contributed by atoms with Gasteiger partial charge < -0.3 is 14.8 Å². The molecule has 0 aliphatic carbocycles. The van der Waals surface area contributed by atoms with Crippen molar-refractivity contribution in [1.82, 2.24) is 14.9 Å². The monoisotopic (exact) mass is 422 g/mol. The number of aromatic amines is 1. The molecule has 0 unspecified atom stereocenters. The molecule has 30 heavy (non-hydrogen) atoms. The van der Waals surface area contributed by atoms with Crippen LogP contribution in [0.15, 0.2) is 48.5 Å². The van der Waals surface area contributed by atoms with Crippen LogP contribution in [-0.2, 0) is 4.79 Å². The van der Waals surface area contributed by atoms with Crippen molar-refractivity contribution in [2.75, 3.05) is 36.8 Å². The summed E-state index contributed by atoms with van der Waals surface area (Å²) >= 11 is 1.62. The molecule has 2 heterocycles. The normalized spacial score (nSPS) is 15.4. The van der Waals surface area contributed by atoms with Crippen molar-refractivity contribution in [2.24, 2.45) is 0 Å². The minimum atomic E-state index is 0.0753. The molecule has 2 aromatic carbocycles. The zero-order chi connectivity index (χ0) is 21.1. The Morgan fingerprint density at radius 3 is 2.43 bits per heavy atom. The van der Waals surface area contributed by atoms with Gasteiger partial charge in [-0.1, -0.05) is 12.1 Å². The van der Waals surface area contributed by atoms with Gasteiger partial charge in [0.2, 0.25) is 5.91 Å². The van der Waals surface area contributed by atoms with Gasteiger partial charge in [-0.3, -0.25) is 9.59 Å². The zero-order valence-corrected chi connectivity index (χ0v) is 18.1. The van der Waals surface area contributed by atoms with Crippen LogP contribution in [0.1, 0.15) is 35.3 Å². The predicted molar refractivity (Wildman–Crippen MR) is 122 cm³/mol. The van der Waals surface area contributed by atoms with Crippen molar-refractivity contribution in [1.29, 1.82) is 0 Å². The third-order valence-corrected chi connectivity index (χ3v) is 6.66. The van der Waals surface area contributed by atoms with E-state index in [0.717, 1.165) is 41.2 Å². The van der Waals surface area contributed by atoms with Gasteiger partial charge in [-0.05, 0) is 50.2 Å². The molecule has 156 valence electrons. The van der Waals surface area contributed by atoms with Gasteiger partial charge in [-0.2, -0.15) is 0 Å².